The maximum Gasteiger partial charge on any atom is 0.325 e. The number of cyclic esters (lactones) is 1. The molecule has 1 atom stereocenters. The molecule has 1 aliphatic carbocycles. The van der Waals surface area contributed by atoms with Crippen molar-refractivity contribution in [3.8, 4) is 0 Å². The molecule has 0 aromatic rings. The molecule has 0 saturated carbocycles. The normalized spacial score (nSPS) is 32.7. The van der Waals surface area contributed by atoms with Crippen LogP contribution in [0.25, 0.3) is 0 Å². The van der Waals surface area contributed by atoms with Crippen molar-refractivity contribution >= 4 is 11.8 Å². The Morgan fingerprint density at radius 2 is 2.23 bits per heavy atom. The topological polar surface area (TPSA) is 43.4 Å². The molecule has 1 aliphatic heterocycles. The fourth-order valence-electron chi connectivity index (χ4n) is 1.87. The molecule has 0 N–H and O–H groups in total. The van der Waals surface area contributed by atoms with Gasteiger partial charge in [0.2, 0.25) is 0 Å². The fourth-order valence-corrected chi connectivity index (χ4v) is 1.87. The Hall–Kier alpha value is -1.38. The van der Waals surface area contributed by atoms with Crippen molar-refractivity contribution in [2.75, 3.05) is 6.61 Å². The van der Waals surface area contributed by atoms with Crippen LogP contribution in [0.4, 0.5) is 0 Å². The number of rotatable bonds is 0. The Bertz CT molecular complexity index is 333. The second-order valence-electron chi connectivity index (χ2n) is 3.47. The summed E-state index contributed by atoms with van der Waals surface area (Å²) in [5, 5.41) is 0. The van der Waals surface area contributed by atoms with Crippen LogP contribution in [0.2, 0.25) is 0 Å². The predicted octanol–water partition coefficient (Wildman–Crippen LogP) is 1.00. The van der Waals surface area contributed by atoms with E-state index in [-0.39, 0.29) is 12.4 Å². The fraction of sp³-hybridized carbons (Fsp3) is 0.400. The Balaban J connectivity index is 2.48. The molecule has 1 unspecified atom stereocenters. The highest BCUT2D eigenvalue weighted by molar-refractivity contribution is 6.13. The van der Waals surface area contributed by atoms with Gasteiger partial charge in [-0.05, 0) is 18.9 Å². The molecular weight excluding hydrogens is 168 g/mol. The van der Waals surface area contributed by atoms with E-state index >= 15 is 0 Å². The number of esters is 1. The highest BCUT2D eigenvalue weighted by Gasteiger charge is 2.55. The summed E-state index contributed by atoms with van der Waals surface area (Å²) in [6, 6.07) is 0. The first-order chi connectivity index (χ1) is 6.09. The average Bonchev–Trinajstić information content (AvgIpc) is 2.54. The van der Waals surface area contributed by atoms with Crippen LogP contribution < -0.4 is 0 Å². The van der Waals surface area contributed by atoms with Gasteiger partial charge in [-0.25, -0.2) is 0 Å². The zero-order valence-corrected chi connectivity index (χ0v) is 7.42. The van der Waals surface area contributed by atoms with E-state index in [0.29, 0.717) is 12.0 Å². The molecular formula is C10H10O3. The first kappa shape index (κ1) is 8.23. The predicted molar refractivity (Wildman–Crippen MR) is 45.9 cm³/mol. The van der Waals surface area contributed by atoms with E-state index in [1.807, 2.05) is 13.0 Å². The van der Waals surface area contributed by atoms with E-state index in [0.717, 1.165) is 5.57 Å². The second kappa shape index (κ2) is 2.31. The van der Waals surface area contributed by atoms with Gasteiger partial charge in [-0.3, -0.25) is 9.59 Å². The molecule has 0 bridgehead atoms. The van der Waals surface area contributed by atoms with Crippen LogP contribution >= 0.6 is 0 Å². The summed E-state index contributed by atoms with van der Waals surface area (Å²) in [7, 11) is 0. The molecule has 68 valence electrons. The number of ether oxygens (including phenoxy) is 1. The highest BCUT2D eigenvalue weighted by Crippen LogP contribution is 2.45. The van der Waals surface area contributed by atoms with Crippen molar-refractivity contribution in [2.45, 2.75) is 13.3 Å². The molecule has 0 radical (unpaired) electrons. The first-order valence-corrected chi connectivity index (χ1v) is 4.16. The number of ketones is 1. The molecule has 1 fully saturated rings. The zero-order valence-electron chi connectivity index (χ0n) is 7.42. The molecule has 2 aliphatic rings. The molecule has 1 heterocycles. The Morgan fingerprint density at radius 3 is 2.62 bits per heavy atom. The van der Waals surface area contributed by atoms with Gasteiger partial charge in [0.05, 0.1) is 0 Å². The van der Waals surface area contributed by atoms with Gasteiger partial charge in [-0.1, -0.05) is 18.2 Å². The van der Waals surface area contributed by atoms with Crippen LogP contribution in [0.3, 0.4) is 0 Å². The van der Waals surface area contributed by atoms with Crippen molar-refractivity contribution < 1.29 is 14.3 Å². The molecule has 3 heteroatoms. The van der Waals surface area contributed by atoms with Gasteiger partial charge in [0.15, 0.2) is 17.8 Å². The standard InChI is InChI=1S/C10H10O3/c1-6-3-4-10(7(6)2)8(11)5-13-9(10)12/h3H,2,4-5H2,1H3. The number of carbonyl (C=O) groups is 2. The smallest absolute Gasteiger partial charge is 0.325 e. The van der Waals surface area contributed by atoms with Gasteiger partial charge < -0.3 is 4.74 Å². The second-order valence-corrected chi connectivity index (χ2v) is 3.47. The van der Waals surface area contributed by atoms with Crippen molar-refractivity contribution in [3.05, 3.63) is 23.8 Å². The number of carbonyl (C=O) groups excluding carboxylic acids is 2. The zero-order chi connectivity index (χ0) is 9.64. The van der Waals surface area contributed by atoms with Crippen LogP contribution in [0.5, 0.6) is 0 Å². The van der Waals surface area contributed by atoms with Gasteiger partial charge in [0.25, 0.3) is 0 Å². The van der Waals surface area contributed by atoms with Crippen LogP contribution in [0.15, 0.2) is 23.8 Å². The monoisotopic (exact) mass is 178 g/mol. The first-order valence-electron chi connectivity index (χ1n) is 4.16. The van der Waals surface area contributed by atoms with Crippen LogP contribution in [-0.2, 0) is 14.3 Å². The Kier molecular flexibility index (Phi) is 1.46. The lowest BCUT2D eigenvalue weighted by atomic mass is 9.79. The molecule has 0 aromatic heterocycles. The molecule has 13 heavy (non-hydrogen) atoms. The lowest BCUT2D eigenvalue weighted by molar-refractivity contribution is -0.144. The quantitative estimate of drug-likeness (QED) is 0.410. The van der Waals surface area contributed by atoms with E-state index < -0.39 is 11.4 Å². The minimum Gasteiger partial charge on any atom is -0.457 e. The Morgan fingerprint density at radius 1 is 1.54 bits per heavy atom. The van der Waals surface area contributed by atoms with Crippen molar-refractivity contribution in [1.82, 2.24) is 0 Å². The SMILES string of the molecule is C=C1C(C)=CCC12C(=O)COC2=O. The number of Topliss-reactive ketones (excluding diaryl/α,β-unsaturated/α-hetero) is 1. The van der Waals surface area contributed by atoms with E-state index in [1.165, 1.54) is 0 Å². The average molecular weight is 178 g/mol. The van der Waals surface area contributed by atoms with E-state index in [2.05, 4.69) is 6.58 Å². The third-order valence-corrected chi connectivity index (χ3v) is 2.86. The van der Waals surface area contributed by atoms with Crippen molar-refractivity contribution in [3.63, 3.8) is 0 Å². The summed E-state index contributed by atoms with van der Waals surface area (Å²) in [4.78, 5) is 23.0. The third-order valence-electron chi connectivity index (χ3n) is 2.86. The maximum atomic E-state index is 11.5. The lowest BCUT2D eigenvalue weighted by Gasteiger charge is -2.18. The summed E-state index contributed by atoms with van der Waals surface area (Å²) in [5.74, 6) is -0.591. The van der Waals surface area contributed by atoms with Gasteiger partial charge in [0, 0.05) is 0 Å². The summed E-state index contributed by atoms with van der Waals surface area (Å²) < 4.78 is 4.74. The van der Waals surface area contributed by atoms with Gasteiger partial charge >= 0.3 is 5.97 Å². The van der Waals surface area contributed by atoms with Crippen molar-refractivity contribution in [2.24, 2.45) is 5.41 Å². The Labute approximate surface area is 76.1 Å². The number of allylic oxidation sites excluding steroid dienone is 2. The third kappa shape index (κ3) is 0.789. The van der Waals surface area contributed by atoms with E-state index in [4.69, 9.17) is 4.74 Å². The maximum absolute atomic E-state index is 11.5. The van der Waals surface area contributed by atoms with Crippen molar-refractivity contribution in [1.29, 1.82) is 0 Å². The summed E-state index contributed by atoms with van der Waals surface area (Å²) in [6.07, 6.45) is 2.29. The van der Waals surface area contributed by atoms with E-state index in [9.17, 15) is 9.59 Å². The van der Waals surface area contributed by atoms with Crippen LogP contribution in [0, 0.1) is 5.41 Å². The molecule has 1 saturated heterocycles. The molecule has 2 rings (SSSR count). The van der Waals surface area contributed by atoms with Gasteiger partial charge in [-0.15, -0.1) is 0 Å². The number of hydrogen-bond donors (Lipinski definition) is 0. The number of hydrogen-bond acceptors (Lipinski definition) is 3. The molecule has 0 aromatic carbocycles. The largest absolute Gasteiger partial charge is 0.457 e. The summed E-state index contributed by atoms with van der Waals surface area (Å²) in [5.41, 5.74) is 0.483. The minimum atomic E-state index is -1.05. The molecule has 3 nitrogen and oxygen atoms in total. The van der Waals surface area contributed by atoms with Gasteiger partial charge in [-0.2, -0.15) is 0 Å². The van der Waals surface area contributed by atoms with Gasteiger partial charge in [0.1, 0.15) is 0 Å². The highest BCUT2D eigenvalue weighted by atomic mass is 16.5. The van der Waals surface area contributed by atoms with Crippen LogP contribution in [0.1, 0.15) is 13.3 Å². The summed E-state index contributed by atoms with van der Waals surface area (Å²) in [6.45, 7) is 5.54. The van der Waals surface area contributed by atoms with E-state index in [1.54, 1.807) is 0 Å². The van der Waals surface area contributed by atoms with Crippen LogP contribution in [-0.4, -0.2) is 18.4 Å². The molecule has 0 amide bonds. The molecule has 1 spiro atoms. The lowest BCUT2D eigenvalue weighted by Crippen LogP contribution is -2.32. The summed E-state index contributed by atoms with van der Waals surface area (Å²) >= 11 is 0. The minimum absolute atomic E-state index is 0.0982.